The van der Waals surface area contributed by atoms with E-state index in [0.29, 0.717) is 22.3 Å². The van der Waals surface area contributed by atoms with Crippen LogP contribution in [0, 0.1) is 12.7 Å². The van der Waals surface area contributed by atoms with E-state index in [4.69, 9.17) is 10.9 Å². The molecule has 1 aromatic carbocycles. The molecule has 0 radical (unpaired) electrons. The second-order valence-corrected chi connectivity index (χ2v) is 4.70. The molecule has 0 aliphatic carbocycles. The molecule has 0 unspecified atom stereocenters. The SMILES string of the molecule is Cc1nc(SCc2cccc(/C(N)=N/O)c2F)n[nH]1. The third kappa shape index (κ3) is 3.02. The van der Waals surface area contributed by atoms with Crippen molar-refractivity contribution in [1.82, 2.24) is 15.2 Å². The molecule has 0 fully saturated rings. The molecule has 19 heavy (non-hydrogen) atoms. The Morgan fingerprint density at radius 2 is 2.37 bits per heavy atom. The van der Waals surface area contributed by atoms with Crippen molar-refractivity contribution in [2.75, 3.05) is 0 Å². The summed E-state index contributed by atoms with van der Waals surface area (Å²) in [7, 11) is 0. The van der Waals surface area contributed by atoms with Gasteiger partial charge in [0, 0.05) is 5.75 Å². The van der Waals surface area contributed by atoms with Crippen molar-refractivity contribution in [2.45, 2.75) is 17.8 Å². The number of nitrogens with one attached hydrogen (secondary N) is 1. The van der Waals surface area contributed by atoms with E-state index < -0.39 is 5.82 Å². The van der Waals surface area contributed by atoms with Gasteiger partial charge in [-0.2, -0.15) is 0 Å². The maximum Gasteiger partial charge on any atom is 0.208 e. The Bertz CT molecular complexity index is 613. The molecule has 0 spiro atoms. The van der Waals surface area contributed by atoms with E-state index >= 15 is 0 Å². The number of thioether (sulfide) groups is 1. The fourth-order valence-electron chi connectivity index (χ4n) is 1.47. The van der Waals surface area contributed by atoms with E-state index in [1.165, 1.54) is 17.8 Å². The average molecular weight is 281 g/mol. The number of rotatable bonds is 4. The summed E-state index contributed by atoms with van der Waals surface area (Å²) in [5, 5.41) is 18.6. The Morgan fingerprint density at radius 3 is 3.00 bits per heavy atom. The van der Waals surface area contributed by atoms with Gasteiger partial charge >= 0.3 is 0 Å². The van der Waals surface area contributed by atoms with Gasteiger partial charge in [0.05, 0.1) is 5.56 Å². The van der Waals surface area contributed by atoms with Crippen LogP contribution < -0.4 is 5.73 Å². The van der Waals surface area contributed by atoms with Crippen LogP contribution in [0.4, 0.5) is 4.39 Å². The Labute approximate surface area is 112 Å². The molecule has 0 saturated heterocycles. The smallest absolute Gasteiger partial charge is 0.208 e. The first-order valence-electron chi connectivity index (χ1n) is 5.39. The van der Waals surface area contributed by atoms with E-state index in [0.717, 1.165) is 0 Å². The second kappa shape index (κ2) is 5.70. The number of nitrogens with two attached hydrogens (primary N) is 1. The van der Waals surface area contributed by atoms with Crippen LogP contribution in [-0.4, -0.2) is 26.2 Å². The summed E-state index contributed by atoms with van der Waals surface area (Å²) in [4.78, 5) is 4.11. The number of hydrogen-bond donors (Lipinski definition) is 3. The predicted octanol–water partition coefficient (Wildman–Crippen LogP) is 1.64. The Morgan fingerprint density at radius 1 is 1.58 bits per heavy atom. The molecule has 0 bridgehead atoms. The predicted molar refractivity (Wildman–Crippen MR) is 69.6 cm³/mol. The first kappa shape index (κ1) is 13.3. The zero-order chi connectivity index (χ0) is 13.8. The Balaban J connectivity index is 2.17. The Kier molecular flexibility index (Phi) is 4.00. The van der Waals surface area contributed by atoms with Gasteiger partial charge in [-0.3, -0.25) is 5.10 Å². The molecule has 0 aliphatic rings. The molecule has 6 nitrogen and oxygen atoms in total. The molecular weight excluding hydrogens is 269 g/mol. The van der Waals surface area contributed by atoms with E-state index in [1.807, 2.05) is 0 Å². The van der Waals surface area contributed by atoms with Gasteiger partial charge in [0.2, 0.25) is 5.16 Å². The Hall–Kier alpha value is -2.09. The number of benzene rings is 1. The lowest BCUT2D eigenvalue weighted by Gasteiger charge is -2.05. The topological polar surface area (TPSA) is 100 Å². The normalized spacial score (nSPS) is 11.8. The van der Waals surface area contributed by atoms with Gasteiger partial charge < -0.3 is 10.9 Å². The number of amidine groups is 1. The number of hydrogen-bond acceptors (Lipinski definition) is 5. The third-order valence-corrected chi connectivity index (χ3v) is 3.29. The van der Waals surface area contributed by atoms with Gasteiger partial charge in [0.25, 0.3) is 0 Å². The minimum Gasteiger partial charge on any atom is -0.409 e. The van der Waals surface area contributed by atoms with Crippen molar-refractivity contribution < 1.29 is 9.60 Å². The lowest BCUT2D eigenvalue weighted by Crippen LogP contribution is -2.15. The van der Waals surface area contributed by atoms with Gasteiger partial charge in [-0.05, 0) is 18.6 Å². The lowest BCUT2D eigenvalue weighted by atomic mass is 10.1. The van der Waals surface area contributed by atoms with Crippen LogP contribution in [0.2, 0.25) is 0 Å². The highest BCUT2D eigenvalue weighted by Crippen LogP contribution is 2.22. The summed E-state index contributed by atoms with van der Waals surface area (Å²) in [5.41, 5.74) is 5.92. The van der Waals surface area contributed by atoms with Crippen LogP contribution in [0.25, 0.3) is 0 Å². The van der Waals surface area contributed by atoms with Crippen molar-refractivity contribution in [2.24, 2.45) is 10.9 Å². The van der Waals surface area contributed by atoms with E-state index in [9.17, 15) is 4.39 Å². The van der Waals surface area contributed by atoms with Crippen molar-refractivity contribution >= 4 is 17.6 Å². The largest absolute Gasteiger partial charge is 0.409 e. The lowest BCUT2D eigenvalue weighted by molar-refractivity contribution is 0.318. The molecule has 0 aliphatic heterocycles. The summed E-state index contributed by atoms with van der Waals surface area (Å²) in [5.74, 6) is 0.305. The summed E-state index contributed by atoms with van der Waals surface area (Å²) in [6.45, 7) is 1.79. The van der Waals surface area contributed by atoms with Crippen LogP contribution in [0.5, 0.6) is 0 Å². The number of aromatic amines is 1. The quantitative estimate of drug-likeness (QED) is 0.260. The summed E-state index contributed by atoms with van der Waals surface area (Å²) >= 11 is 1.30. The number of oxime groups is 1. The van der Waals surface area contributed by atoms with E-state index in [2.05, 4.69) is 20.3 Å². The molecule has 1 heterocycles. The van der Waals surface area contributed by atoms with Crippen molar-refractivity contribution in [1.29, 1.82) is 0 Å². The number of aromatic nitrogens is 3. The molecule has 0 atom stereocenters. The van der Waals surface area contributed by atoms with Gasteiger partial charge in [0.15, 0.2) is 5.84 Å². The zero-order valence-electron chi connectivity index (χ0n) is 10.1. The van der Waals surface area contributed by atoms with Crippen LogP contribution >= 0.6 is 11.8 Å². The number of nitrogens with zero attached hydrogens (tertiary/aromatic N) is 3. The number of aryl methyl sites for hydroxylation is 1. The second-order valence-electron chi connectivity index (χ2n) is 3.76. The van der Waals surface area contributed by atoms with Gasteiger partial charge in [-0.1, -0.05) is 29.1 Å². The molecule has 2 rings (SSSR count). The summed E-state index contributed by atoms with van der Waals surface area (Å²) < 4.78 is 14.1. The van der Waals surface area contributed by atoms with Crippen LogP contribution in [-0.2, 0) is 5.75 Å². The number of halogens is 1. The molecule has 0 amide bonds. The molecule has 4 N–H and O–H groups in total. The molecule has 1 aromatic heterocycles. The minimum atomic E-state index is -0.502. The van der Waals surface area contributed by atoms with Crippen LogP contribution in [0.3, 0.4) is 0 Å². The van der Waals surface area contributed by atoms with Crippen molar-refractivity contribution in [3.05, 3.63) is 41.0 Å². The molecule has 0 saturated carbocycles. The monoisotopic (exact) mass is 281 g/mol. The van der Waals surface area contributed by atoms with Crippen LogP contribution in [0.1, 0.15) is 17.0 Å². The van der Waals surface area contributed by atoms with Gasteiger partial charge in [-0.25, -0.2) is 9.37 Å². The van der Waals surface area contributed by atoms with E-state index in [1.54, 1.807) is 19.1 Å². The highest BCUT2D eigenvalue weighted by atomic mass is 32.2. The fraction of sp³-hybridized carbons (Fsp3) is 0.182. The standard InChI is InChI=1S/C11H12FN5OS/c1-6-14-11(16-15-6)19-5-7-3-2-4-8(9(7)12)10(13)17-18/h2-4,18H,5H2,1H3,(H2,13,17)(H,14,15,16). The minimum absolute atomic E-state index is 0.0757. The van der Waals surface area contributed by atoms with E-state index in [-0.39, 0.29) is 11.4 Å². The zero-order valence-corrected chi connectivity index (χ0v) is 10.9. The molecular formula is C11H12FN5OS. The first-order chi connectivity index (χ1) is 9.11. The van der Waals surface area contributed by atoms with Crippen molar-refractivity contribution in [3.8, 4) is 0 Å². The highest BCUT2D eigenvalue weighted by molar-refractivity contribution is 7.98. The van der Waals surface area contributed by atoms with Gasteiger partial charge in [-0.15, -0.1) is 5.10 Å². The fourth-order valence-corrected chi connectivity index (χ4v) is 2.29. The average Bonchev–Trinajstić information content (AvgIpc) is 2.82. The maximum absolute atomic E-state index is 14.1. The van der Waals surface area contributed by atoms with Crippen molar-refractivity contribution in [3.63, 3.8) is 0 Å². The maximum atomic E-state index is 14.1. The third-order valence-electron chi connectivity index (χ3n) is 2.40. The first-order valence-corrected chi connectivity index (χ1v) is 6.37. The number of H-pyrrole nitrogens is 1. The van der Waals surface area contributed by atoms with Gasteiger partial charge in [0.1, 0.15) is 11.6 Å². The molecule has 8 heteroatoms. The summed E-state index contributed by atoms with van der Waals surface area (Å²) in [6, 6.07) is 4.74. The summed E-state index contributed by atoms with van der Waals surface area (Å²) in [6.07, 6.45) is 0. The van der Waals surface area contributed by atoms with Crippen LogP contribution in [0.15, 0.2) is 28.5 Å². The molecule has 2 aromatic rings. The molecule has 100 valence electrons. The highest BCUT2D eigenvalue weighted by Gasteiger charge is 2.12.